The third kappa shape index (κ3) is 3.86. The summed E-state index contributed by atoms with van der Waals surface area (Å²) < 4.78 is 7.51. The van der Waals surface area contributed by atoms with Gasteiger partial charge in [-0.1, -0.05) is 48.4 Å². The monoisotopic (exact) mass is 439 g/mol. The van der Waals surface area contributed by atoms with Gasteiger partial charge in [0.25, 0.3) is 0 Å². The zero-order chi connectivity index (χ0) is 21.4. The first kappa shape index (κ1) is 20.2. The summed E-state index contributed by atoms with van der Waals surface area (Å²) in [5.41, 5.74) is 1.75. The molecule has 0 radical (unpaired) electrons. The first-order valence-corrected chi connectivity index (χ1v) is 10.7. The van der Waals surface area contributed by atoms with Gasteiger partial charge >= 0.3 is 0 Å². The summed E-state index contributed by atoms with van der Waals surface area (Å²) in [7, 11) is 0. The molecule has 2 aromatic heterocycles. The SMILES string of the molecule is O[C@@H]1[C@H](O)[C@@H](C#Cc2ccccc2Cl)O[C@H]1n1cnc2c(NC3CCCC3)ncnc21. The molecule has 4 atom stereocenters. The second-order valence-electron chi connectivity index (χ2n) is 7.85. The molecule has 1 aliphatic carbocycles. The topological polar surface area (TPSA) is 105 Å². The van der Waals surface area contributed by atoms with Crippen molar-refractivity contribution < 1.29 is 14.9 Å². The molecule has 31 heavy (non-hydrogen) atoms. The Kier molecular flexibility index (Phi) is 5.50. The smallest absolute Gasteiger partial charge is 0.167 e. The molecule has 8 nitrogen and oxygen atoms in total. The number of ether oxygens (including phenoxy) is 1. The number of fused-ring (bicyclic) bond motifs is 1. The lowest BCUT2D eigenvalue weighted by Gasteiger charge is -2.16. The largest absolute Gasteiger partial charge is 0.386 e. The van der Waals surface area contributed by atoms with E-state index in [9.17, 15) is 10.2 Å². The average molecular weight is 440 g/mol. The van der Waals surface area contributed by atoms with Crippen molar-refractivity contribution in [2.45, 2.75) is 56.3 Å². The zero-order valence-corrected chi connectivity index (χ0v) is 17.4. The van der Waals surface area contributed by atoms with Gasteiger partial charge in [0, 0.05) is 11.6 Å². The molecule has 9 heteroatoms. The van der Waals surface area contributed by atoms with Gasteiger partial charge in [-0.05, 0) is 25.0 Å². The number of aromatic nitrogens is 4. The third-order valence-electron chi connectivity index (χ3n) is 5.79. The summed E-state index contributed by atoms with van der Waals surface area (Å²) in [6, 6.07) is 7.54. The third-order valence-corrected chi connectivity index (χ3v) is 6.12. The number of nitrogens with zero attached hydrogens (tertiary/aromatic N) is 4. The average Bonchev–Trinajstić information content (AvgIpc) is 3.50. The Morgan fingerprint density at radius 3 is 2.71 bits per heavy atom. The number of imidazole rings is 1. The lowest BCUT2D eigenvalue weighted by Crippen LogP contribution is -2.31. The number of aliphatic hydroxyl groups excluding tert-OH is 2. The van der Waals surface area contributed by atoms with E-state index in [0.717, 1.165) is 12.8 Å². The van der Waals surface area contributed by atoms with Crippen molar-refractivity contribution in [3.8, 4) is 11.8 Å². The molecule has 1 saturated carbocycles. The van der Waals surface area contributed by atoms with E-state index in [0.29, 0.717) is 33.6 Å². The lowest BCUT2D eigenvalue weighted by molar-refractivity contribution is -0.0230. The van der Waals surface area contributed by atoms with E-state index in [2.05, 4.69) is 32.1 Å². The molecule has 3 aromatic rings. The fourth-order valence-electron chi connectivity index (χ4n) is 4.13. The Hall–Kier alpha value is -2.70. The van der Waals surface area contributed by atoms with Crippen LogP contribution in [0.25, 0.3) is 11.2 Å². The first-order chi connectivity index (χ1) is 15.1. The van der Waals surface area contributed by atoms with Crippen LogP contribution in [0.1, 0.15) is 37.5 Å². The number of nitrogens with one attached hydrogen (secondary N) is 1. The summed E-state index contributed by atoms with van der Waals surface area (Å²) in [6.45, 7) is 0. The lowest BCUT2D eigenvalue weighted by atomic mass is 10.1. The maximum Gasteiger partial charge on any atom is 0.167 e. The summed E-state index contributed by atoms with van der Waals surface area (Å²) in [5.74, 6) is 6.46. The second-order valence-corrected chi connectivity index (χ2v) is 8.26. The number of benzene rings is 1. The van der Waals surface area contributed by atoms with Gasteiger partial charge in [0.15, 0.2) is 23.2 Å². The fourth-order valence-corrected chi connectivity index (χ4v) is 4.31. The molecular formula is C22H22ClN5O3. The van der Waals surface area contributed by atoms with Gasteiger partial charge in [-0.25, -0.2) is 15.0 Å². The minimum absolute atomic E-state index is 0.378. The van der Waals surface area contributed by atoms with Crippen LogP contribution in [0, 0.1) is 11.8 Å². The molecule has 5 rings (SSSR count). The normalized spacial score (nSPS) is 26.2. The quantitative estimate of drug-likeness (QED) is 0.538. The van der Waals surface area contributed by atoms with Crippen LogP contribution in [0.5, 0.6) is 0 Å². The summed E-state index contributed by atoms with van der Waals surface area (Å²) in [6.07, 6.45) is 3.50. The van der Waals surface area contributed by atoms with Gasteiger partial charge in [-0.15, -0.1) is 0 Å². The predicted molar refractivity (Wildman–Crippen MR) is 115 cm³/mol. The van der Waals surface area contributed by atoms with Gasteiger partial charge in [-0.3, -0.25) is 4.57 Å². The zero-order valence-electron chi connectivity index (χ0n) is 16.6. The Balaban J connectivity index is 1.41. The number of halogens is 1. The van der Waals surface area contributed by atoms with Crippen LogP contribution in [-0.4, -0.2) is 54.1 Å². The molecular weight excluding hydrogens is 418 g/mol. The molecule has 1 aliphatic heterocycles. The number of anilines is 1. The molecule has 1 aromatic carbocycles. The van der Waals surface area contributed by atoms with Crippen molar-refractivity contribution in [2.75, 3.05) is 5.32 Å². The van der Waals surface area contributed by atoms with Crippen LogP contribution in [0.15, 0.2) is 36.9 Å². The number of aliphatic hydroxyl groups is 2. The summed E-state index contributed by atoms with van der Waals surface area (Å²) >= 11 is 6.14. The number of hydrogen-bond acceptors (Lipinski definition) is 7. The van der Waals surface area contributed by atoms with Crippen molar-refractivity contribution >= 4 is 28.6 Å². The molecule has 2 aliphatic rings. The van der Waals surface area contributed by atoms with Crippen LogP contribution in [0.3, 0.4) is 0 Å². The molecule has 0 amide bonds. The molecule has 0 bridgehead atoms. The van der Waals surface area contributed by atoms with E-state index in [1.165, 1.54) is 19.2 Å². The van der Waals surface area contributed by atoms with Crippen molar-refractivity contribution in [2.24, 2.45) is 0 Å². The van der Waals surface area contributed by atoms with Crippen molar-refractivity contribution in [1.29, 1.82) is 0 Å². The van der Waals surface area contributed by atoms with E-state index in [-0.39, 0.29) is 0 Å². The van der Waals surface area contributed by atoms with E-state index in [1.54, 1.807) is 23.0 Å². The standard InChI is InChI=1S/C22H22ClN5O3/c23-15-8-4-1-5-13(15)9-10-16-18(29)19(30)22(31-16)28-12-26-17-20(24-11-25-21(17)28)27-14-6-2-3-7-14/h1,4-5,8,11-12,14,16,18-19,22,29-30H,2-3,6-7H2,(H,24,25,27)/t16-,18-,19-,22-/m1/s1. The number of hydrogen-bond donors (Lipinski definition) is 3. The molecule has 0 spiro atoms. The summed E-state index contributed by atoms with van der Waals surface area (Å²) in [5, 5.41) is 25.1. The van der Waals surface area contributed by atoms with E-state index in [4.69, 9.17) is 16.3 Å². The Labute approximate surface area is 184 Å². The van der Waals surface area contributed by atoms with Crippen LogP contribution in [0.4, 0.5) is 5.82 Å². The molecule has 3 heterocycles. The van der Waals surface area contributed by atoms with Gasteiger partial charge in [0.05, 0.1) is 11.3 Å². The maximum absolute atomic E-state index is 10.6. The molecule has 1 saturated heterocycles. The summed E-state index contributed by atoms with van der Waals surface area (Å²) in [4.78, 5) is 13.1. The van der Waals surface area contributed by atoms with Gasteiger partial charge in [0.1, 0.15) is 24.6 Å². The minimum Gasteiger partial charge on any atom is -0.386 e. The molecule has 160 valence electrons. The Morgan fingerprint density at radius 1 is 1.10 bits per heavy atom. The highest BCUT2D eigenvalue weighted by Crippen LogP contribution is 2.33. The van der Waals surface area contributed by atoms with Gasteiger partial charge < -0.3 is 20.3 Å². The van der Waals surface area contributed by atoms with Crippen LogP contribution in [-0.2, 0) is 4.74 Å². The van der Waals surface area contributed by atoms with Crippen LogP contribution >= 0.6 is 11.6 Å². The highest BCUT2D eigenvalue weighted by atomic mass is 35.5. The highest BCUT2D eigenvalue weighted by molar-refractivity contribution is 6.31. The molecule has 0 unspecified atom stereocenters. The second kappa shape index (κ2) is 8.44. The highest BCUT2D eigenvalue weighted by Gasteiger charge is 2.43. The van der Waals surface area contributed by atoms with E-state index >= 15 is 0 Å². The Bertz CT molecular complexity index is 1150. The first-order valence-electron chi connectivity index (χ1n) is 10.3. The van der Waals surface area contributed by atoms with Crippen LogP contribution in [0.2, 0.25) is 5.02 Å². The molecule has 3 N–H and O–H groups in total. The number of rotatable bonds is 3. The van der Waals surface area contributed by atoms with Crippen molar-refractivity contribution in [3.05, 3.63) is 47.5 Å². The fraction of sp³-hybridized carbons (Fsp3) is 0.409. The van der Waals surface area contributed by atoms with E-state index in [1.807, 2.05) is 12.1 Å². The van der Waals surface area contributed by atoms with Crippen molar-refractivity contribution in [3.63, 3.8) is 0 Å². The predicted octanol–water partition coefficient (Wildman–Crippen LogP) is 2.51. The van der Waals surface area contributed by atoms with E-state index < -0.39 is 24.5 Å². The van der Waals surface area contributed by atoms with Gasteiger partial charge in [0.2, 0.25) is 0 Å². The van der Waals surface area contributed by atoms with Gasteiger partial charge in [-0.2, -0.15) is 0 Å². The van der Waals surface area contributed by atoms with Crippen LogP contribution < -0.4 is 5.32 Å². The minimum atomic E-state index is -1.19. The van der Waals surface area contributed by atoms with Crippen molar-refractivity contribution in [1.82, 2.24) is 19.5 Å². The maximum atomic E-state index is 10.6. The molecule has 2 fully saturated rings. The Morgan fingerprint density at radius 2 is 1.90 bits per heavy atom.